The van der Waals surface area contributed by atoms with Crippen molar-refractivity contribution in [1.82, 2.24) is 10.3 Å². The predicted molar refractivity (Wildman–Crippen MR) is 113 cm³/mol. The largest absolute Gasteiger partial charge is 0.494 e. The van der Waals surface area contributed by atoms with Gasteiger partial charge in [0.25, 0.3) is 0 Å². The monoisotopic (exact) mass is 407 g/mol. The minimum absolute atomic E-state index is 0.276. The Labute approximate surface area is 175 Å². The molecule has 0 radical (unpaired) electrons. The average molecular weight is 407 g/mol. The van der Waals surface area contributed by atoms with Gasteiger partial charge in [0.05, 0.1) is 12.2 Å². The van der Waals surface area contributed by atoms with Crippen LogP contribution in [-0.2, 0) is 9.59 Å². The maximum absolute atomic E-state index is 12.1. The Kier molecular flexibility index (Phi) is 7.22. The first-order valence-corrected chi connectivity index (χ1v) is 10.0. The lowest BCUT2D eigenvalue weighted by molar-refractivity contribution is -0.136. The third kappa shape index (κ3) is 5.47. The first kappa shape index (κ1) is 21.1. The highest BCUT2D eigenvalue weighted by Crippen LogP contribution is 2.23. The number of nitrogens with zero attached hydrogens (tertiary/aromatic N) is 3. The number of benzene rings is 1. The molecule has 0 unspecified atom stereocenters. The van der Waals surface area contributed by atoms with Crippen molar-refractivity contribution in [3.63, 3.8) is 0 Å². The molecule has 1 aliphatic rings. The number of rotatable bonds is 6. The van der Waals surface area contributed by atoms with Crippen molar-refractivity contribution in [3.8, 4) is 11.8 Å². The van der Waals surface area contributed by atoms with Crippen molar-refractivity contribution < 1.29 is 14.3 Å². The number of nitrogens with one attached hydrogen (secondary N) is 2. The van der Waals surface area contributed by atoms with E-state index in [1.807, 2.05) is 6.92 Å². The number of carbonyl (C=O) groups excluding carboxylic acids is 2. The minimum Gasteiger partial charge on any atom is -0.494 e. The summed E-state index contributed by atoms with van der Waals surface area (Å²) in [6, 6.07) is 12.6. The summed E-state index contributed by atoms with van der Waals surface area (Å²) >= 11 is 0. The first-order chi connectivity index (χ1) is 14.6. The van der Waals surface area contributed by atoms with Gasteiger partial charge in [0.2, 0.25) is 0 Å². The fourth-order valence-electron chi connectivity index (χ4n) is 3.39. The van der Waals surface area contributed by atoms with Crippen LogP contribution in [0, 0.1) is 17.2 Å². The molecule has 156 valence electrons. The molecule has 2 heterocycles. The van der Waals surface area contributed by atoms with Gasteiger partial charge in [-0.05, 0) is 62.1 Å². The number of aromatic nitrogens is 1. The molecule has 0 saturated carbocycles. The SMILES string of the molecule is CCOc1ccc(NC(=O)C(=O)NCC2CCN(c3ncccc3C#N)CC2)cc1. The molecule has 2 N–H and O–H groups in total. The van der Waals surface area contributed by atoms with E-state index < -0.39 is 11.8 Å². The van der Waals surface area contributed by atoms with Crippen LogP contribution >= 0.6 is 0 Å². The number of hydrogen-bond donors (Lipinski definition) is 2. The van der Waals surface area contributed by atoms with E-state index in [0.29, 0.717) is 36.0 Å². The zero-order valence-electron chi connectivity index (χ0n) is 16.9. The van der Waals surface area contributed by atoms with Gasteiger partial charge in [-0.2, -0.15) is 5.26 Å². The zero-order chi connectivity index (χ0) is 21.3. The molecule has 1 aromatic carbocycles. The van der Waals surface area contributed by atoms with Crippen LogP contribution in [0.15, 0.2) is 42.6 Å². The molecule has 8 heteroatoms. The highest BCUT2D eigenvalue weighted by molar-refractivity contribution is 6.39. The lowest BCUT2D eigenvalue weighted by Crippen LogP contribution is -2.42. The van der Waals surface area contributed by atoms with Crippen LogP contribution < -0.4 is 20.3 Å². The fourth-order valence-corrected chi connectivity index (χ4v) is 3.39. The van der Waals surface area contributed by atoms with Gasteiger partial charge >= 0.3 is 11.8 Å². The summed E-state index contributed by atoms with van der Waals surface area (Å²) < 4.78 is 5.35. The van der Waals surface area contributed by atoms with E-state index >= 15 is 0 Å². The lowest BCUT2D eigenvalue weighted by Gasteiger charge is -2.33. The van der Waals surface area contributed by atoms with Crippen LogP contribution in [0.1, 0.15) is 25.3 Å². The van der Waals surface area contributed by atoms with E-state index in [1.54, 1.807) is 42.6 Å². The van der Waals surface area contributed by atoms with Crippen molar-refractivity contribution in [3.05, 3.63) is 48.2 Å². The lowest BCUT2D eigenvalue weighted by atomic mass is 9.96. The van der Waals surface area contributed by atoms with Crippen molar-refractivity contribution in [2.24, 2.45) is 5.92 Å². The van der Waals surface area contributed by atoms with E-state index in [4.69, 9.17) is 4.74 Å². The maximum atomic E-state index is 12.1. The van der Waals surface area contributed by atoms with E-state index in [2.05, 4.69) is 26.6 Å². The molecule has 8 nitrogen and oxygen atoms in total. The number of hydrogen-bond acceptors (Lipinski definition) is 6. The second kappa shape index (κ2) is 10.3. The van der Waals surface area contributed by atoms with Crippen LogP contribution in [0.2, 0.25) is 0 Å². The van der Waals surface area contributed by atoms with Gasteiger partial charge in [-0.1, -0.05) is 0 Å². The van der Waals surface area contributed by atoms with Crippen LogP contribution in [-0.4, -0.2) is 43.0 Å². The molecule has 1 aliphatic heterocycles. The van der Waals surface area contributed by atoms with Gasteiger partial charge in [-0.3, -0.25) is 9.59 Å². The molecule has 0 aliphatic carbocycles. The quantitative estimate of drug-likeness (QED) is 0.712. The van der Waals surface area contributed by atoms with Gasteiger partial charge in [-0.25, -0.2) is 4.98 Å². The van der Waals surface area contributed by atoms with Crippen LogP contribution in [0.4, 0.5) is 11.5 Å². The summed E-state index contributed by atoms with van der Waals surface area (Å²) in [5.74, 6) is 0.348. The summed E-state index contributed by atoms with van der Waals surface area (Å²) in [6.45, 7) is 4.41. The Morgan fingerprint density at radius 2 is 1.93 bits per heavy atom. The number of piperidine rings is 1. The molecule has 2 amide bonds. The molecular formula is C22H25N5O3. The summed E-state index contributed by atoms with van der Waals surface area (Å²) in [6.07, 6.45) is 3.38. The smallest absolute Gasteiger partial charge is 0.313 e. The van der Waals surface area contributed by atoms with E-state index in [0.717, 1.165) is 25.9 Å². The number of amides is 2. The zero-order valence-corrected chi connectivity index (χ0v) is 16.9. The molecular weight excluding hydrogens is 382 g/mol. The Hall–Kier alpha value is -3.60. The summed E-state index contributed by atoms with van der Waals surface area (Å²) in [7, 11) is 0. The predicted octanol–water partition coefficient (Wildman–Crippen LogP) is 2.32. The summed E-state index contributed by atoms with van der Waals surface area (Å²) in [5.41, 5.74) is 1.10. The Morgan fingerprint density at radius 1 is 1.20 bits per heavy atom. The van der Waals surface area contributed by atoms with Gasteiger partial charge < -0.3 is 20.3 Å². The molecule has 1 saturated heterocycles. The number of pyridine rings is 1. The normalized spacial score (nSPS) is 13.9. The van der Waals surface area contributed by atoms with Gasteiger partial charge in [0, 0.05) is 31.5 Å². The van der Waals surface area contributed by atoms with E-state index in [1.165, 1.54) is 0 Å². The Bertz CT molecular complexity index is 915. The topological polar surface area (TPSA) is 107 Å². The van der Waals surface area contributed by atoms with Crippen LogP contribution in [0.3, 0.4) is 0 Å². The van der Waals surface area contributed by atoms with Gasteiger partial charge in [0.1, 0.15) is 17.6 Å². The summed E-state index contributed by atoms with van der Waals surface area (Å²) in [5, 5.41) is 14.5. The third-order valence-corrected chi connectivity index (χ3v) is 5.00. The molecule has 1 fully saturated rings. The molecule has 0 bridgehead atoms. The second-order valence-electron chi connectivity index (χ2n) is 7.04. The second-order valence-corrected chi connectivity index (χ2v) is 7.04. The average Bonchev–Trinajstić information content (AvgIpc) is 2.79. The van der Waals surface area contributed by atoms with E-state index in [-0.39, 0.29) is 5.92 Å². The van der Waals surface area contributed by atoms with Crippen LogP contribution in [0.5, 0.6) is 5.75 Å². The highest BCUT2D eigenvalue weighted by atomic mass is 16.5. The van der Waals surface area contributed by atoms with Crippen molar-refractivity contribution in [1.29, 1.82) is 5.26 Å². The van der Waals surface area contributed by atoms with Crippen molar-refractivity contribution in [2.45, 2.75) is 19.8 Å². The van der Waals surface area contributed by atoms with Crippen molar-refractivity contribution in [2.75, 3.05) is 36.5 Å². The Balaban J connectivity index is 1.43. The molecule has 0 spiro atoms. The standard InChI is InChI=1S/C22H25N5O3/c1-2-30-19-7-5-18(6-8-19)26-22(29)21(28)25-15-16-9-12-27(13-10-16)20-17(14-23)4-3-11-24-20/h3-8,11,16H,2,9-10,12-13,15H2,1H3,(H,25,28)(H,26,29). The molecule has 0 atom stereocenters. The summed E-state index contributed by atoms with van der Waals surface area (Å²) in [4.78, 5) is 30.6. The maximum Gasteiger partial charge on any atom is 0.313 e. The van der Waals surface area contributed by atoms with Crippen molar-refractivity contribution >= 4 is 23.3 Å². The molecule has 2 aromatic rings. The van der Waals surface area contributed by atoms with Crippen LogP contribution in [0.25, 0.3) is 0 Å². The van der Waals surface area contributed by atoms with Gasteiger partial charge in [-0.15, -0.1) is 0 Å². The number of anilines is 2. The number of carbonyl (C=O) groups is 2. The number of ether oxygens (including phenoxy) is 1. The number of nitriles is 1. The fraction of sp³-hybridized carbons (Fsp3) is 0.364. The first-order valence-electron chi connectivity index (χ1n) is 10.0. The molecule has 30 heavy (non-hydrogen) atoms. The third-order valence-electron chi connectivity index (χ3n) is 5.00. The van der Waals surface area contributed by atoms with Gasteiger partial charge in [0.15, 0.2) is 0 Å². The molecule has 3 rings (SSSR count). The minimum atomic E-state index is -0.691. The molecule has 1 aromatic heterocycles. The highest BCUT2D eigenvalue weighted by Gasteiger charge is 2.23. The van der Waals surface area contributed by atoms with E-state index in [9.17, 15) is 14.9 Å². The Morgan fingerprint density at radius 3 is 2.60 bits per heavy atom.